The summed E-state index contributed by atoms with van der Waals surface area (Å²) >= 11 is 0. The molecule has 3 aromatic heterocycles. The largest absolute Gasteiger partial charge is 0.490 e. The minimum absolute atomic E-state index is 0.165. The Bertz CT molecular complexity index is 1990. The highest BCUT2D eigenvalue weighted by Crippen LogP contribution is 2.43. The minimum atomic E-state index is -5.24. The third-order valence-electron chi connectivity index (χ3n) is 6.47. The lowest BCUT2D eigenvalue weighted by Gasteiger charge is -2.18. The van der Waals surface area contributed by atoms with E-state index in [-0.39, 0.29) is 23.3 Å². The third-order valence-corrected chi connectivity index (χ3v) is 6.86. The van der Waals surface area contributed by atoms with Crippen molar-refractivity contribution in [2.75, 3.05) is 0 Å². The van der Waals surface area contributed by atoms with Crippen LogP contribution in [0.1, 0.15) is 38.3 Å². The number of halogens is 1. The van der Waals surface area contributed by atoms with E-state index in [4.69, 9.17) is 4.74 Å². The molecular formula is C27H21FN4O5S. The van der Waals surface area contributed by atoms with Gasteiger partial charge in [-0.1, -0.05) is 9.95 Å². The predicted molar refractivity (Wildman–Crippen MR) is 140 cm³/mol. The first-order chi connectivity index (χ1) is 18.1. The van der Waals surface area contributed by atoms with Crippen molar-refractivity contribution in [2.24, 2.45) is 0 Å². The van der Waals surface area contributed by atoms with Gasteiger partial charge in [0.25, 0.3) is 0 Å². The molecule has 0 radical (unpaired) electrons. The van der Waals surface area contributed by atoms with Crippen LogP contribution < -0.4 is 14.3 Å². The van der Waals surface area contributed by atoms with Gasteiger partial charge in [0.2, 0.25) is 0 Å². The Morgan fingerprint density at radius 2 is 1.95 bits per heavy atom. The van der Waals surface area contributed by atoms with Gasteiger partial charge in [0.05, 0.1) is 40.2 Å². The zero-order chi connectivity index (χ0) is 26.8. The van der Waals surface area contributed by atoms with Gasteiger partial charge >= 0.3 is 10.5 Å². The molecule has 0 amide bonds. The fourth-order valence-corrected chi connectivity index (χ4v) is 5.20. The van der Waals surface area contributed by atoms with Gasteiger partial charge in [0.15, 0.2) is 11.2 Å². The molecular weight excluding hydrogens is 511 g/mol. The molecule has 3 heterocycles. The molecule has 0 spiro atoms. The molecule has 0 saturated heterocycles. The SMILES string of the molecule is CC(C)Oc1cc2c(=O)c3c4ccc(C#N)cc4[nH]c3n(C3CC3)c2cc1-c1cncc(OS(=O)(=O)F)c1. The van der Waals surface area contributed by atoms with Gasteiger partial charge in [0.1, 0.15) is 11.4 Å². The first-order valence-corrected chi connectivity index (χ1v) is 13.3. The van der Waals surface area contributed by atoms with Crippen molar-refractivity contribution in [1.82, 2.24) is 14.5 Å². The van der Waals surface area contributed by atoms with Gasteiger partial charge in [-0.15, -0.1) is 0 Å². The summed E-state index contributed by atoms with van der Waals surface area (Å²) in [5.74, 6) is 0.0968. The van der Waals surface area contributed by atoms with Crippen molar-refractivity contribution in [2.45, 2.75) is 38.8 Å². The molecule has 5 aromatic rings. The summed E-state index contributed by atoms with van der Waals surface area (Å²) in [5, 5.41) is 11.1. The zero-order valence-corrected chi connectivity index (χ0v) is 21.2. The number of H-pyrrole nitrogens is 1. The van der Waals surface area contributed by atoms with Gasteiger partial charge in [-0.25, -0.2) is 0 Å². The van der Waals surface area contributed by atoms with E-state index in [0.717, 1.165) is 24.4 Å². The van der Waals surface area contributed by atoms with Crippen LogP contribution in [0, 0.1) is 11.3 Å². The Hall–Kier alpha value is -4.43. The molecule has 0 atom stereocenters. The molecule has 1 N–H and O–H groups in total. The van der Waals surface area contributed by atoms with Crippen LogP contribution in [0.2, 0.25) is 0 Å². The summed E-state index contributed by atoms with van der Waals surface area (Å²) in [7, 11) is -5.24. The Morgan fingerprint density at radius 3 is 2.63 bits per heavy atom. The quantitative estimate of drug-likeness (QED) is 0.295. The third kappa shape index (κ3) is 4.13. The average Bonchev–Trinajstić information content (AvgIpc) is 3.62. The Labute approximate surface area is 216 Å². The summed E-state index contributed by atoms with van der Waals surface area (Å²) in [4.78, 5) is 21.3. The van der Waals surface area contributed by atoms with Crippen molar-refractivity contribution < 1.29 is 21.2 Å². The van der Waals surface area contributed by atoms with E-state index in [1.807, 2.05) is 19.9 Å². The van der Waals surface area contributed by atoms with Crippen LogP contribution in [-0.4, -0.2) is 29.1 Å². The molecule has 2 aromatic carbocycles. The fraction of sp³-hybridized carbons (Fsp3) is 0.222. The number of pyridine rings is 2. The number of ether oxygens (including phenoxy) is 1. The standard InChI is InChI=1S/C27H21FN4O5S/c1-14(2)36-24-10-21-23(9-20(24)16-8-18(13-30-12-16)37-38(28,34)35)32(17-4-5-17)27-25(26(21)33)19-6-3-15(11-29)7-22(19)31-27/h3,6-10,12-14,17,31H,4-5H2,1-2H3. The first-order valence-electron chi connectivity index (χ1n) is 12.0. The Kier molecular flexibility index (Phi) is 5.39. The summed E-state index contributed by atoms with van der Waals surface area (Å²) in [6.07, 6.45) is 4.21. The van der Waals surface area contributed by atoms with Crippen molar-refractivity contribution >= 4 is 43.3 Å². The van der Waals surface area contributed by atoms with E-state index in [9.17, 15) is 22.4 Å². The van der Waals surface area contributed by atoms with E-state index >= 15 is 0 Å². The number of fused-ring (bicyclic) bond motifs is 4. The number of nitriles is 1. The molecule has 38 heavy (non-hydrogen) atoms. The van der Waals surface area contributed by atoms with E-state index in [1.54, 1.807) is 24.3 Å². The van der Waals surface area contributed by atoms with Gasteiger partial charge in [-0.2, -0.15) is 13.7 Å². The van der Waals surface area contributed by atoms with Gasteiger partial charge in [0, 0.05) is 34.3 Å². The summed E-state index contributed by atoms with van der Waals surface area (Å²) < 4.78 is 47.8. The second kappa shape index (κ2) is 8.56. The lowest BCUT2D eigenvalue weighted by Crippen LogP contribution is -2.12. The average molecular weight is 533 g/mol. The van der Waals surface area contributed by atoms with E-state index < -0.39 is 10.5 Å². The van der Waals surface area contributed by atoms with Crippen LogP contribution in [-0.2, 0) is 10.5 Å². The monoisotopic (exact) mass is 532 g/mol. The highest BCUT2D eigenvalue weighted by Gasteiger charge is 2.29. The highest BCUT2D eigenvalue weighted by atomic mass is 32.3. The molecule has 1 saturated carbocycles. The molecule has 9 nitrogen and oxygen atoms in total. The summed E-state index contributed by atoms with van der Waals surface area (Å²) in [6.45, 7) is 3.69. The summed E-state index contributed by atoms with van der Waals surface area (Å²) in [6, 6.07) is 12.3. The van der Waals surface area contributed by atoms with Gasteiger partial charge in [-0.3, -0.25) is 9.78 Å². The van der Waals surface area contributed by atoms with Crippen LogP contribution in [0.3, 0.4) is 0 Å². The van der Waals surface area contributed by atoms with Crippen molar-refractivity contribution in [1.29, 1.82) is 5.26 Å². The van der Waals surface area contributed by atoms with Crippen LogP contribution >= 0.6 is 0 Å². The minimum Gasteiger partial charge on any atom is -0.490 e. The second-order valence-electron chi connectivity index (χ2n) is 9.57. The van der Waals surface area contributed by atoms with Crippen LogP contribution in [0.25, 0.3) is 44.0 Å². The maximum absolute atomic E-state index is 13.9. The molecule has 1 aliphatic carbocycles. The van der Waals surface area contributed by atoms with Crippen molar-refractivity contribution in [3.63, 3.8) is 0 Å². The number of hydrogen-bond donors (Lipinski definition) is 1. The highest BCUT2D eigenvalue weighted by molar-refractivity contribution is 7.81. The maximum Gasteiger partial charge on any atom is 0.488 e. The van der Waals surface area contributed by atoms with Crippen molar-refractivity contribution in [3.05, 3.63) is 64.6 Å². The normalized spacial score (nSPS) is 13.9. The first kappa shape index (κ1) is 23.9. The number of aromatic amines is 1. The van der Waals surface area contributed by atoms with Gasteiger partial charge < -0.3 is 18.5 Å². The topological polar surface area (TPSA) is 127 Å². The number of benzene rings is 2. The number of aromatic nitrogens is 3. The smallest absolute Gasteiger partial charge is 0.488 e. The number of nitrogens with one attached hydrogen (secondary N) is 1. The molecule has 6 rings (SSSR count). The molecule has 0 aliphatic heterocycles. The van der Waals surface area contributed by atoms with E-state index in [2.05, 4.69) is 24.8 Å². The molecule has 0 unspecified atom stereocenters. The molecule has 1 aliphatic rings. The summed E-state index contributed by atoms with van der Waals surface area (Å²) in [5.41, 5.74) is 3.29. The molecule has 192 valence electrons. The fourth-order valence-electron chi connectivity index (χ4n) is 4.88. The number of hydrogen-bond acceptors (Lipinski definition) is 7. The van der Waals surface area contributed by atoms with Crippen LogP contribution in [0.4, 0.5) is 3.89 Å². The predicted octanol–water partition coefficient (Wildman–Crippen LogP) is 5.28. The maximum atomic E-state index is 13.9. The van der Waals surface area contributed by atoms with E-state index in [0.29, 0.717) is 49.9 Å². The van der Waals surface area contributed by atoms with Gasteiger partial charge in [-0.05, 0) is 57.0 Å². The molecule has 1 fully saturated rings. The number of rotatable bonds is 6. The zero-order valence-electron chi connectivity index (χ0n) is 20.4. The molecule has 11 heteroatoms. The van der Waals surface area contributed by atoms with E-state index in [1.165, 1.54) is 12.3 Å². The lowest BCUT2D eigenvalue weighted by molar-refractivity contribution is 0.244. The Morgan fingerprint density at radius 1 is 1.16 bits per heavy atom. The Balaban J connectivity index is 1.69. The molecule has 0 bridgehead atoms. The van der Waals surface area contributed by atoms with Crippen LogP contribution in [0.5, 0.6) is 11.5 Å². The second-order valence-corrected chi connectivity index (χ2v) is 10.5. The van der Waals surface area contributed by atoms with Crippen LogP contribution in [0.15, 0.2) is 53.6 Å². The van der Waals surface area contributed by atoms with Crippen molar-refractivity contribution in [3.8, 4) is 28.7 Å². The lowest BCUT2D eigenvalue weighted by atomic mass is 10.0. The number of nitrogens with zero attached hydrogens (tertiary/aromatic N) is 3.